The lowest BCUT2D eigenvalue weighted by atomic mass is 9.76. The molecule has 8 nitrogen and oxygen atoms in total. The molecule has 30 heavy (non-hydrogen) atoms. The van der Waals surface area contributed by atoms with E-state index in [4.69, 9.17) is 25.8 Å². The van der Waals surface area contributed by atoms with E-state index in [2.05, 4.69) is 13.2 Å². The summed E-state index contributed by atoms with van der Waals surface area (Å²) >= 11 is 6.03. The average molecular weight is 445 g/mol. The Morgan fingerprint density at radius 1 is 1.43 bits per heavy atom. The van der Waals surface area contributed by atoms with Gasteiger partial charge in [0.05, 0.1) is 24.5 Å². The van der Waals surface area contributed by atoms with Gasteiger partial charge < -0.3 is 29.5 Å². The highest BCUT2D eigenvalue weighted by molar-refractivity contribution is 6.18. The van der Waals surface area contributed by atoms with Gasteiger partial charge in [-0.2, -0.15) is 0 Å². The molecule has 0 radical (unpaired) electrons. The van der Waals surface area contributed by atoms with Crippen LogP contribution < -0.4 is 0 Å². The number of carbonyl (C=O) groups is 2. The first-order valence-electron chi connectivity index (χ1n) is 10.0. The third kappa shape index (κ3) is 3.48. The van der Waals surface area contributed by atoms with E-state index >= 15 is 0 Å². The molecule has 0 amide bonds. The maximum absolute atomic E-state index is 12.8. The maximum atomic E-state index is 12.8. The Labute approximate surface area is 180 Å². The molecule has 3 fully saturated rings. The predicted molar refractivity (Wildman–Crippen MR) is 107 cm³/mol. The Morgan fingerprint density at radius 2 is 2.10 bits per heavy atom. The van der Waals surface area contributed by atoms with Gasteiger partial charge in [0, 0.05) is 24.5 Å². The lowest BCUT2D eigenvalue weighted by Crippen LogP contribution is -2.52. The van der Waals surface area contributed by atoms with Gasteiger partial charge in [-0.15, -0.1) is 11.6 Å². The van der Waals surface area contributed by atoms with Crippen molar-refractivity contribution in [2.45, 2.75) is 56.2 Å². The smallest absolute Gasteiger partial charge is 0.340 e. The molecule has 1 heterocycles. The maximum Gasteiger partial charge on any atom is 0.340 e. The van der Waals surface area contributed by atoms with Crippen molar-refractivity contribution < 1.29 is 39.1 Å². The van der Waals surface area contributed by atoms with Crippen LogP contribution in [0.15, 0.2) is 24.3 Å². The fourth-order valence-corrected chi connectivity index (χ4v) is 5.37. The van der Waals surface area contributed by atoms with Gasteiger partial charge in [-0.3, -0.25) is 0 Å². The molecule has 0 spiro atoms. The molecule has 0 bridgehead atoms. The third-order valence-corrected chi connectivity index (χ3v) is 7.17. The Morgan fingerprint density at radius 3 is 2.67 bits per heavy atom. The van der Waals surface area contributed by atoms with E-state index in [1.54, 1.807) is 6.92 Å². The van der Waals surface area contributed by atoms with Crippen LogP contribution in [0.5, 0.6) is 0 Å². The van der Waals surface area contributed by atoms with E-state index < -0.39 is 59.9 Å². The molecule has 168 valence electrons. The van der Waals surface area contributed by atoms with Gasteiger partial charge in [0.15, 0.2) is 5.60 Å². The zero-order valence-corrected chi connectivity index (χ0v) is 17.9. The standard InChI is InChI=1S/C21H29ClO8/c1-5-28-20(4,9-23)19(26)29-13-6-10(2)12-7-14(24)21(27,8-22)16(12)17-15(13)11(3)18(25)30-17/h12-17,23-24,27H,2-3,5-9H2,1,4H3. The van der Waals surface area contributed by atoms with Crippen LogP contribution in [0.1, 0.15) is 26.7 Å². The number of alkyl halides is 1. The second-order valence-corrected chi connectivity index (χ2v) is 8.82. The Balaban J connectivity index is 1.98. The molecule has 0 aromatic heterocycles. The molecule has 2 saturated carbocycles. The molecule has 8 unspecified atom stereocenters. The van der Waals surface area contributed by atoms with Crippen LogP contribution in [0, 0.1) is 17.8 Å². The largest absolute Gasteiger partial charge is 0.459 e. The summed E-state index contributed by atoms with van der Waals surface area (Å²) in [5.74, 6) is -3.54. The summed E-state index contributed by atoms with van der Waals surface area (Å²) in [6.07, 6.45) is -2.47. The van der Waals surface area contributed by atoms with Crippen LogP contribution in [0.4, 0.5) is 0 Å². The minimum absolute atomic E-state index is 0.117. The molecular formula is C21H29ClO8. The highest BCUT2D eigenvalue weighted by Gasteiger charge is 2.64. The summed E-state index contributed by atoms with van der Waals surface area (Å²) in [4.78, 5) is 25.2. The number of hydrogen-bond donors (Lipinski definition) is 3. The fourth-order valence-electron chi connectivity index (χ4n) is 5.02. The van der Waals surface area contributed by atoms with Gasteiger partial charge >= 0.3 is 11.9 Å². The number of hydrogen-bond acceptors (Lipinski definition) is 8. The predicted octanol–water partition coefficient (Wildman–Crippen LogP) is 0.710. The van der Waals surface area contributed by atoms with Crippen molar-refractivity contribution in [2.24, 2.45) is 17.8 Å². The quantitative estimate of drug-likeness (QED) is 0.237. The first kappa shape index (κ1) is 23.2. The molecule has 3 rings (SSSR count). The molecule has 1 aliphatic heterocycles. The summed E-state index contributed by atoms with van der Waals surface area (Å²) in [5.41, 5.74) is -2.48. The lowest BCUT2D eigenvalue weighted by molar-refractivity contribution is -0.184. The van der Waals surface area contributed by atoms with Crippen molar-refractivity contribution in [2.75, 3.05) is 19.1 Å². The van der Waals surface area contributed by atoms with Gasteiger partial charge in [-0.05, 0) is 26.2 Å². The van der Waals surface area contributed by atoms with Crippen molar-refractivity contribution in [3.63, 3.8) is 0 Å². The first-order valence-corrected chi connectivity index (χ1v) is 10.6. The van der Waals surface area contributed by atoms with E-state index in [1.165, 1.54) is 6.92 Å². The number of esters is 2. The highest BCUT2D eigenvalue weighted by atomic mass is 35.5. The number of aliphatic hydroxyl groups excluding tert-OH is 2. The minimum Gasteiger partial charge on any atom is -0.459 e. The number of ether oxygens (including phenoxy) is 3. The van der Waals surface area contributed by atoms with Crippen molar-refractivity contribution >= 4 is 23.5 Å². The van der Waals surface area contributed by atoms with Gasteiger partial charge in [-0.1, -0.05) is 18.7 Å². The SMILES string of the molecule is C=C1CC(OC(=O)C(C)(CO)OCC)C2C(=C)C(=O)OC2C2C1CC(O)C2(O)CCl. The van der Waals surface area contributed by atoms with Gasteiger partial charge in [0.2, 0.25) is 0 Å². The summed E-state index contributed by atoms with van der Waals surface area (Å²) in [7, 11) is 0. The Hall–Kier alpha value is -1.45. The van der Waals surface area contributed by atoms with Gasteiger partial charge in [-0.25, -0.2) is 9.59 Å². The monoisotopic (exact) mass is 444 g/mol. The van der Waals surface area contributed by atoms with Crippen molar-refractivity contribution in [1.82, 2.24) is 0 Å². The number of rotatable bonds is 6. The molecular weight excluding hydrogens is 416 g/mol. The number of aliphatic hydroxyl groups is 3. The van der Waals surface area contributed by atoms with E-state index in [1.807, 2.05) is 0 Å². The summed E-state index contributed by atoms with van der Waals surface area (Å²) in [6.45, 7) is 10.6. The van der Waals surface area contributed by atoms with Crippen molar-refractivity contribution in [3.05, 3.63) is 24.3 Å². The van der Waals surface area contributed by atoms with E-state index in [-0.39, 0.29) is 36.8 Å². The summed E-state index contributed by atoms with van der Waals surface area (Å²) < 4.78 is 16.7. The second kappa shape index (κ2) is 8.24. The van der Waals surface area contributed by atoms with E-state index in [0.717, 1.165) is 0 Å². The van der Waals surface area contributed by atoms with Gasteiger partial charge in [0.1, 0.15) is 17.8 Å². The first-order chi connectivity index (χ1) is 14.0. The molecule has 8 atom stereocenters. The Bertz CT molecular complexity index is 753. The zero-order valence-electron chi connectivity index (χ0n) is 17.2. The van der Waals surface area contributed by atoms with Crippen LogP contribution in [0.25, 0.3) is 0 Å². The Kier molecular flexibility index (Phi) is 6.38. The zero-order chi connectivity index (χ0) is 22.4. The molecule has 3 N–H and O–H groups in total. The van der Waals surface area contributed by atoms with Crippen LogP contribution >= 0.6 is 11.6 Å². The highest BCUT2D eigenvalue weighted by Crippen LogP contribution is 2.55. The summed E-state index contributed by atoms with van der Waals surface area (Å²) in [5, 5.41) is 31.3. The topological polar surface area (TPSA) is 123 Å². The molecule has 0 aromatic rings. The third-order valence-electron chi connectivity index (χ3n) is 6.74. The lowest BCUT2D eigenvalue weighted by Gasteiger charge is -2.37. The van der Waals surface area contributed by atoms with Crippen LogP contribution in [-0.4, -0.2) is 75.9 Å². The number of halogens is 1. The summed E-state index contributed by atoms with van der Waals surface area (Å²) in [6, 6.07) is 0. The molecule has 0 aromatic carbocycles. The van der Waals surface area contributed by atoms with Crippen molar-refractivity contribution in [1.29, 1.82) is 0 Å². The van der Waals surface area contributed by atoms with E-state index in [9.17, 15) is 24.9 Å². The number of fused-ring (bicyclic) bond motifs is 3. The molecule has 9 heteroatoms. The minimum atomic E-state index is -1.69. The normalized spacial score (nSPS) is 40.3. The van der Waals surface area contributed by atoms with Crippen LogP contribution in [0.2, 0.25) is 0 Å². The van der Waals surface area contributed by atoms with E-state index in [0.29, 0.717) is 5.57 Å². The van der Waals surface area contributed by atoms with Crippen molar-refractivity contribution in [3.8, 4) is 0 Å². The van der Waals surface area contributed by atoms with Crippen LogP contribution in [-0.2, 0) is 23.8 Å². The fraction of sp³-hybridized carbons (Fsp3) is 0.714. The molecule has 3 aliphatic rings. The van der Waals surface area contributed by atoms with Gasteiger partial charge in [0.25, 0.3) is 0 Å². The van der Waals surface area contributed by atoms with Crippen LogP contribution in [0.3, 0.4) is 0 Å². The number of carbonyl (C=O) groups excluding carboxylic acids is 2. The average Bonchev–Trinajstić information content (AvgIpc) is 3.10. The molecule has 2 aliphatic carbocycles. The second-order valence-electron chi connectivity index (χ2n) is 8.56. The molecule has 1 saturated heterocycles.